The molecule has 0 radical (unpaired) electrons. The van der Waals surface area contributed by atoms with Crippen molar-refractivity contribution in [2.24, 2.45) is 0 Å². The van der Waals surface area contributed by atoms with Crippen molar-refractivity contribution in [3.05, 3.63) is 35.8 Å². The molecule has 0 atom stereocenters. The Morgan fingerprint density at radius 2 is 1.04 bits per heavy atom. The standard InChI is InChI=1S/C22H38O3Si2/c1-21(2,3)26(7,8)23-15-19-17-13-11-12-14-18(17)20(25-19)16-24-27(9,10)22(4,5)6/h11-14H,15-16H2,1-10H3. The fourth-order valence-electron chi connectivity index (χ4n) is 2.37. The first kappa shape index (κ1) is 22.4. The van der Waals surface area contributed by atoms with E-state index >= 15 is 0 Å². The molecular weight excluding hydrogens is 368 g/mol. The van der Waals surface area contributed by atoms with Crippen LogP contribution in [-0.2, 0) is 22.1 Å². The molecule has 0 unspecified atom stereocenters. The number of hydrogen-bond donors (Lipinski definition) is 0. The molecule has 0 aliphatic heterocycles. The molecule has 27 heavy (non-hydrogen) atoms. The average Bonchev–Trinajstić information content (AvgIpc) is 2.87. The van der Waals surface area contributed by atoms with Gasteiger partial charge in [-0.2, -0.15) is 0 Å². The maximum atomic E-state index is 6.41. The van der Waals surface area contributed by atoms with Crippen LogP contribution in [0, 0.1) is 0 Å². The first-order valence-corrected chi connectivity index (χ1v) is 15.7. The lowest BCUT2D eigenvalue weighted by molar-refractivity contribution is 0.219. The minimum atomic E-state index is -1.82. The number of furan rings is 1. The first-order valence-electron chi connectivity index (χ1n) is 9.93. The van der Waals surface area contributed by atoms with Crippen LogP contribution in [0.5, 0.6) is 0 Å². The van der Waals surface area contributed by atoms with E-state index in [0.717, 1.165) is 22.3 Å². The molecule has 0 spiro atoms. The lowest BCUT2D eigenvalue weighted by Crippen LogP contribution is -2.40. The van der Waals surface area contributed by atoms with Gasteiger partial charge in [0.25, 0.3) is 0 Å². The van der Waals surface area contributed by atoms with Crippen LogP contribution in [0.3, 0.4) is 0 Å². The zero-order chi connectivity index (χ0) is 20.7. The predicted octanol–water partition coefficient (Wildman–Crippen LogP) is 7.48. The van der Waals surface area contributed by atoms with Gasteiger partial charge in [0.15, 0.2) is 16.6 Å². The second kappa shape index (κ2) is 7.50. The number of fused-ring (bicyclic) bond motifs is 1. The summed E-state index contributed by atoms with van der Waals surface area (Å²) in [6.45, 7) is 23.7. The van der Waals surface area contributed by atoms with E-state index in [1.165, 1.54) is 0 Å². The highest BCUT2D eigenvalue weighted by molar-refractivity contribution is 6.74. The van der Waals surface area contributed by atoms with Crippen molar-refractivity contribution >= 4 is 27.4 Å². The second-order valence-corrected chi connectivity index (χ2v) is 20.2. The van der Waals surface area contributed by atoms with Crippen molar-refractivity contribution in [1.82, 2.24) is 0 Å². The van der Waals surface area contributed by atoms with E-state index < -0.39 is 16.6 Å². The molecule has 152 valence electrons. The molecule has 1 heterocycles. The van der Waals surface area contributed by atoms with E-state index in [2.05, 4.69) is 92.0 Å². The molecule has 1 aromatic heterocycles. The van der Waals surface area contributed by atoms with Crippen LogP contribution >= 0.6 is 0 Å². The van der Waals surface area contributed by atoms with Crippen LogP contribution in [0.25, 0.3) is 10.8 Å². The van der Waals surface area contributed by atoms with Crippen LogP contribution in [0.15, 0.2) is 28.7 Å². The topological polar surface area (TPSA) is 31.6 Å². The van der Waals surface area contributed by atoms with Gasteiger partial charge in [-0.05, 0) is 36.3 Å². The van der Waals surface area contributed by atoms with E-state index in [1.54, 1.807) is 0 Å². The van der Waals surface area contributed by atoms with Crippen molar-refractivity contribution < 1.29 is 13.3 Å². The number of hydrogen-bond acceptors (Lipinski definition) is 3. The Morgan fingerprint density at radius 3 is 1.33 bits per heavy atom. The van der Waals surface area contributed by atoms with Crippen molar-refractivity contribution in [2.45, 2.75) is 91.0 Å². The molecule has 0 fully saturated rings. The Hall–Kier alpha value is -0.886. The Morgan fingerprint density at radius 1 is 0.704 bits per heavy atom. The highest BCUT2D eigenvalue weighted by atomic mass is 28.4. The van der Waals surface area contributed by atoms with E-state index in [4.69, 9.17) is 13.3 Å². The summed E-state index contributed by atoms with van der Waals surface area (Å²) in [5.74, 6) is 1.84. The summed E-state index contributed by atoms with van der Waals surface area (Å²) in [5.41, 5.74) is 0. The maximum Gasteiger partial charge on any atom is 0.192 e. The molecule has 3 nitrogen and oxygen atoms in total. The Kier molecular flexibility index (Phi) is 6.23. The van der Waals surface area contributed by atoms with Crippen LogP contribution in [0.1, 0.15) is 53.1 Å². The fraction of sp³-hybridized carbons (Fsp3) is 0.636. The Bertz CT molecular complexity index is 713. The summed E-state index contributed by atoms with van der Waals surface area (Å²) in [6, 6.07) is 8.37. The van der Waals surface area contributed by atoms with Gasteiger partial charge in [0.05, 0.1) is 13.2 Å². The Labute approximate surface area is 167 Å². The maximum absolute atomic E-state index is 6.41. The fourth-order valence-corrected chi connectivity index (χ4v) is 4.22. The molecule has 0 bridgehead atoms. The molecule has 5 heteroatoms. The summed E-state index contributed by atoms with van der Waals surface area (Å²) in [6.07, 6.45) is 0. The van der Waals surface area contributed by atoms with Crippen molar-refractivity contribution in [2.75, 3.05) is 0 Å². The summed E-state index contributed by atoms with van der Waals surface area (Å²) in [5, 5.41) is 2.66. The lowest BCUT2D eigenvalue weighted by atomic mass is 10.1. The molecule has 0 saturated heterocycles. The van der Waals surface area contributed by atoms with Gasteiger partial charge >= 0.3 is 0 Å². The van der Waals surface area contributed by atoms with Gasteiger partial charge in [-0.1, -0.05) is 65.8 Å². The molecular formula is C22H38O3Si2. The molecule has 0 N–H and O–H groups in total. The highest BCUT2D eigenvalue weighted by Gasteiger charge is 2.38. The third-order valence-corrected chi connectivity index (χ3v) is 15.5. The summed E-state index contributed by atoms with van der Waals surface area (Å²) < 4.78 is 19.1. The SMILES string of the molecule is CC(C)(C)[Si](C)(C)OCc1oc(CO[Si](C)(C)C(C)(C)C)c2ccccc12. The molecule has 0 saturated carbocycles. The van der Waals surface area contributed by atoms with Crippen LogP contribution < -0.4 is 0 Å². The van der Waals surface area contributed by atoms with Crippen molar-refractivity contribution in [1.29, 1.82) is 0 Å². The van der Waals surface area contributed by atoms with E-state index in [9.17, 15) is 0 Å². The third kappa shape index (κ3) is 4.94. The average molecular weight is 407 g/mol. The molecule has 0 amide bonds. The lowest BCUT2D eigenvalue weighted by Gasteiger charge is -2.36. The quantitative estimate of drug-likeness (QED) is 0.466. The van der Waals surface area contributed by atoms with E-state index in [0.29, 0.717) is 13.2 Å². The van der Waals surface area contributed by atoms with Crippen molar-refractivity contribution in [3.8, 4) is 0 Å². The molecule has 0 aliphatic rings. The third-order valence-electron chi connectivity index (χ3n) is 6.51. The van der Waals surface area contributed by atoms with Gasteiger partial charge in [-0.15, -0.1) is 0 Å². The zero-order valence-electron chi connectivity index (χ0n) is 18.9. The summed E-state index contributed by atoms with van der Waals surface area (Å²) >= 11 is 0. The van der Waals surface area contributed by atoms with Gasteiger partial charge in [-0.25, -0.2) is 0 Å². The van der Waals surface area contributed by atoms with Gasteiger partial charge < -0.3 is 13.3 Å². The van der Waals surface area contributed by atoms with Gasteiger partial charge in [0.2, 0.25) is 0 Å². The number of benzene rings is 1. The smallest absolute Gasteiger partial charge is 0.192 e. The van der Waals surface area contributed by atoms with Gasteiger partial charge in [-0.3, -0.25) is 0 Å². The minimum absolute atomic E-state index is 0.184. The molecule has 0 aliphatic carbocycles. The molecule has 1 aromatic carbocycles. The summed E-state index contributed by atoms with van der Waals surface area (Å²) in [4.78, 5) is 0. The largest absolute Gasteiger partial charge is 0.460 e. The van der Waals surface area contributed by atoms with E-state index in [1.807, 2.05) is 0 Å². The monoisotopic (exact) mass is 406 g/mol. The van der Waals surface area contributed by atoms with Gasteiger partial charge in [0, 0.05) is 10.8 Å². The Balaban J connectivity index is 2.26. The van der Waals surface area contributed by atoms with Crippen LogP contribution in [0.4, 0.5) is 0 Å². The van der Waals surface area contributed by atoms with Gasteiger partial charge in [0.1, 0.15) is 11.5 Å². The first-order chi connectivity index (χ1) is 12.2. The van der Waals surface area contributed by atoms with Crippen LogP contribution in [0.2, 0.25) is 36.3 Å². The zero-order valence-corrected chi connectivity index (χ0v) is 20.9. The second-order valence-electron chi connectivity index (χ2n) is 10.6. The predicted molar refractivity (Wildman–Crippen MR) is 120 cm³/mol. The molecule has 2 aromatic rings. The minimum Gasteiger partial charge on any atom is -0.460 e. The van der Waals surface area contributed by atoms with E-state index in [-0.39, 0.29) is 10.1 Å². The molecule has 2 rings (SSSR count). The summed E-state index contributed by atoms with van der Waals surface area (Å²) in [7, 11) is -3.65. The van der Waals surface area contributed by atoms with Crippen LogP contribution in [-0.4, -0.2) is 16.6 Å². The number of rotatable bonds is 6. The van der Waals surface area contributed by atoms with Crippen molar-refractivity contribution in [3.63, 3.8) is 0 Å². The highest BCUT2D eigenvalue weighted by Crippen LogP contribution is 2.39. The normalized spacial score (nSPS) is 14.1.